The highest BCUT2D eigenvalue weighted by atomic mass is 79.9. The first kappa shape index (κ1) is 15.5. The zero-order valence-corrected chi connectivity index (χ0v) is 12.6. The van der Waals surface area contributed by atoms with Crippen LogP contribution in [0.5, 0.6) is 5.75 Å². The van der Waals surface area contributed by atoms with Gasteiger partial charge in [0.05, 0.1) is 24.6 Å². The molecule has 6 heteroatoms. The molecule has 0 unspecified atom stereocenters. The first-order valence-electron chi connectivity index (χ1n) is 5.63. The van der Waals surface area contributed by atoms with E-state index in [2.05, 4.69) is 21.2 Å². The molecule has 0 spiro atoms. The summed E-state index contributed by atoms with van der Waals surface area (Å²) in [6.45, 7) is 3.17. The van der Waals surface area contributed by atoms with Gasteiger partial charge in [-0.3, -0.25) is 9.59 Å². The molecule has 0 heterocycles. The molecule has 0 aliphatic heterocycles. The maximum absolute atomic E-state index is 12.1. The van der Waals surface area contributed by atoms with Crippen LogP contribution in [0.1, 0.15) is 20.3 Å². The van der Waals surface area contributed by atoms with Crippen LogP contribution in [0.25, 0.3) is 0 Å². The number of aliphatic carboxylic acids is 1. The van der Waals surface area contributed by atoms with Crippen molar-refractivity contribution >= 4 is 33.5 Å². The number of hydrogen-bond donors (Lipinski definition) is 2. The number of rotatable bonds is 5. The fraction of sp³-hybridized carbons (Fsp3) is 0.385. The minimum absolute atomic E-state index is 0.241. The number of carbonyl (C=O) groups is 2. The second-order valence-corrected chi connectivity index (χ2v) is 5.67. The smallest absolute Gasteiger partial charge is 0.304 e. The Labute approximate surface area is 120 Å². The second-order valence-electron chi connectivity index (χ2n) is 4.75. The monoisotopic (exact) mass is 329 g/mol. The lowest BCUT2D eigenvalue weighted by Crippen LogP contribution is -2.33. The molecule has 0 bridgehead atoms. The third-order valence-corrected chi connectivity index (χ3v) is 3.11. The van der Waals surface area contributed by atoms with Crippen molar-refractivity contribution in [3.63, 3.8) is 0 Å². The number of hydrogen-bond acceptors (Lipinski definition) is 3. The first-order valence-corrected chi connectivity index (χ1v) is 6.42. The normalized spacial score (nSPS) is 10.9. The molecular formula is C13H16BrNO4. The summed E-state index contributed by atoms with van der Waals surface area (Å²) in [5, 5.41) is 11.5. The van der Waals surface area contributed by atoms with E-state index in [-0.39, 0.29) is 12.3 Å². The third kappa shape index (κ3) is 4.24. The summed E-state index contributed by atoms with van der Waals surface area (Å²) in [7, 11) is 1.50. The van der Waals surface area contributed by atoms with E-state index in [9.17, 15) is 9.59 Å². The van der Waals surface area contributed by atoms with E-state index < -0.39 is 11.4 Å². The van der Waals surface area contributed by atoms with Crippen molar-refractivity contribution in [2.45, 2.75) is 20.3 Å². The van der Waals surface area contributed by atoms with Crippen LogP contribution in [0.4, 0.5) is 5.69 Å². The van der Waals surface area contributed by atoms with Gasteiger partial charge in [0.15, 0.2) is 0 Å². The molecule has 0 saturated heterocycles. The Hall–Kier alpha value is -1.56. The topological polar surface area (TPSA) is 75.6 Å². The van der Waals surface area contributed by atoms with Crippen LogP contribution in [0.15, 0.2) is 22.7 Å². The Morgan fingerprint density at radius 3 is 2.58 bits per heavy atom. The Morgan fingerprint density at radius 1 is 1.42 bits per heavy atom. The largest absolute Gasteiger partial charge is 0.495 e. The predicted octanol–water partition coefficient (Wildman–Crippen LogP) is 2.90. The lowest BCUT2D eigenvalue weighted by atomic mass is 9.88. The van der Waals surface area contributed by atoms with Gasteiger partial charge in [0.1, 0.15) is 5.75 Å². The van der Waals surface area contributed by atoms with Gasteiger partial charge in [-0.15, -0.1) is 0 Å². The molecule has 0 radical (unpaired) electrons. The average Bonchev–Trinajstić information content (AvgIpc) is 2.27. The van der Waals surface area contributed by atoms with Gasteiger partial charge < -0.3 is 15.2 Å². The molecule has 1 aromatic rings. The maximum Gasteiger partial charge on any atom is 0.304 e. The van der Waals surface area contributed by atoms with Crippen LogP contribution in [-0.2, 0) is 9.59 Å². The summed E-state index contributed by atoms with van der Waals surface area (Å²) < 4.78 is 5.93. The molecule has 19 heavy (non-hydrogen) atoms. The molecular weight excluding hydrogens is 314 g/mol. The van der Waals surface area contributed by atoms with Crippen LogP contribution in [0.3, 0.4) is 0 Å². The van der Waals surface area contributed by atoms with Gasteiger partial charge in [-0.1, -0.05) is 29.8 Å². The van der Waals surface area contributed by atoms with Gasteiger partial charge in [-0.05, 0) is 18.2 Å². The third-order valence-electron chi connectivity index (χ3n) is 2.62. The zero-order valence-electron chi connectivity index (χ0n) is 11.0. The Kier molecular flexibility index (Phi) is 4.94. The van der Waals surface area contributed by atoms with Crippen molar-refractivity contribution in [1.82, 2.24) is 0 Å². The molecule has 1 amide bonds. The number of methoxy groups -OCH3 is 1. The lowest BCUT2D eigenvalue weighted by Gasteiger charge is -2.22. The quantitative estimate of drug-likeness (QED) is 0.870. The van der Waals surface area contributed by atoms with Crippen molar-refractivity contribution in [2.75, 3.05) is 12.4 Å². The van der Waals surface area contributed by atoms with Crippen LogP contribution >= 0.6 is 15.9 Å². The first-order chi connectivity index (χ1) is 8.76. The highest BCUT2D eigenvalue weighted by Crippen LogP contribution is 2.30. The molecule has 0 aliphatic carbocycles. The number of ether oxygens (including phenoxy) is 1. The fourth-order valence-corrected chi connectivity index (χ4v) is 1.89. The Balaban J connectivity index is 2.93. The Bertz CT molecular complexity index is 499. The second kappa shape index (κ2) is 6.06. The highest BCUT2D eigenvalue weighted by molar-refractivity contribution is 9.10. The molecule has 1 aromatic carbocycles. The lowest BCUT2D eigenvalue weighted by molar-refractivity contribution is -0.142. The van der Waals surface area contributed by atoms with Crippen LogP contribution in [0, 0.1) is 5.41 Å². The van der Waals surface area contributed by atoms with E-state index in [0.29, 0.717) is 11.4 Å². The molecule has 2 N–H and O–H groups in total. The number of carbonyl (C=O) groups excluding carboxylic acids is 1. The summed E-state index contributed by atoms with van der Waals surface area (Å²) in [5.41, 5.74) is -0.501. The Morgan fingerprint density at radius 2 is 2.05 bits per heavy atom. The van der Waals surface area contributed by atoms with E-state index in [1.807, 2.05) is 0 Å². The minimum atomic E-state index is -1.01. The maximum atomic E-state index is 12.1. The van der Waals surface area contributed by atoms with Gasteiger partial charge >= 0.3 is 5.97 Å². The van der Waals surface area contributed by atoms with Gasteiger partial charge in [-0.25, -0.2) is 0 Å². The van der Waals surface area contributed by atoms with Crippen molar-refractivity contribution < 1.29 is 19.4 Å². The van der Waals surface area contributed by atoms with Crippen LogP contribution in [0.2, 0.25) is 0 Å². The van der Waals surface area contributed by atoms with Gasteiger partial charge in [0.25, 0.3) is 0 Å². The number of nitrogens with one attached hydrogen (secondary N) is 1. The predicted molar refractivity (Wildman–Crippen MR) is 75.4 cm³/mol. The van der Waals surface area contributed by atoms with Gasteiger partial charge in [0, 0.05) is 4.47 Å². The average molecular weight is 330 g/mol. The standard InChI is InChI=1S/C13H16BrNO4/c1-13(2,7-11(16)17)12(18)15-9-6-8(14)4-5-10(9)19-3/h4-6H,7H2,1-3H3,(H,15,18)(H,16,17). The van der Waals surface area contributed by atoms with Crippen molar-refractivity contribution in [1.29, 1.82) is 0 Å². The molecule has 5 nitrogen and oxygen atoms in total. The summed E-state index contributed by atoms with van der Waals surface area (Å²) in [4.78, 5) is 22.8. The number of benzene rings is 1. The van der Waals surface area contributed by atoms with E-state index in [1.165, 1.54) is 7.11 Å². The number of carboxylic acid groups (broad SMARTS) is 1. The summed E-state index contributed by atoms with van der Waals surface area (Å²) in [6.07, 6.45) is -0.241. The molecule has 0 saturated carbocycles. The number of carboxylic acids is 1. The van der Waals surface area contributed by atoms with Crippen molar-refractivity contribution in [3.8, 4) is 5.75 Å². The zero-order chi connectivity index (χ0) is 14.6. The van der Waals surface area contributed by atoms with Gasteiger partial charge in [-0.2, -0.15) is 0 Å². The molecule has 0 atom stereocenters. The summed E-state index contributed by atoms with van der Waals surface area (Å²) in [5.74, 6) is -0.865. The van der Waals surface area contributed by atoms with E-state index >= 15 is 0 Å². The molecule has 1 rings (SSSR count). The summed E-state index contributed by atoms with van der Waals surface area (Å²) >= 11 is 3.31. The molecule has 0 aromatic heterocycles. The highest BCUT2D eigenvalue weighted by Gasteiger charge is 2.31. The molecule has 0 aliphatic rings. The van der Waals surface area contributed by atoms with E-state index in [0.717, 1.165) is 4.47 Å². The summed E-state index contributed by atoms with van der Waals surface area (Å²) in [6, 6.07) is 5.20. The van der Waals surface area contributed by atoms with E-state index in [1.54, 1.807) is 32.0 Å². The SMILES string of the molecule is COc1ccc(Br)cc1NC(=O)C(C)(C)CC(=O)O. The number of halogens is 1. The van der Waals surface area contributed by atoms with Crippen LogP contribution in [-0.4, -0.2) is 24.1 Å². The molecule has 0 fully saturated rings. The minimum Gasteiger partial charge on any atom is -0.495 e. The fourth-order valence-electron chi connectivity index (χ4n) is 1.53. The van der Waals surface area contributed by atoms with Crippen molar-refractivity contribution in [3.05, 3.63) is 22.7 Å². The van der Waals surface area contributed by atoms with Crippen molar-refractivity contribution in [2.24, 2.45) is 5.41 Å². The number of amides is 1. The van der Waals surface area contributed by atoms with Gasteiger partial charge in [0.2, 0.25) is 5.91 Å². The van der Waals surface area contributed by atoms with E-state index in [4.69, 9.17) is 9.84 Å². The number of anilines is 1. The molecule has 104 valence electrons. The van der Waals surface area contributed by atoms with Crippen LogP contribution < -0.4 is 10.1 Å².